The number of halogens is 2. The smallest absolute Gasteiger partial charge is 0.0461 e. The van der Waals surface area contributed by atoms with Crippen molar-refractivity contribution in [3.05, 3.63) is 39.4 Å². The highest BCUT2D eigenvalue weighted by atomic mass is 35.5. The second-order valence-corrected chi connectivity index (χ2v) is 11.0. The van der Waals surface area contributed by atoms with Gasteiger partial charge in [0.25, 0.3) is 0 Å². The molecule has 0 N–H and O–H groups in total. The zero-order chi connectivity index (χ0) is 20.0. The molecule has 4 bridgehead atoms. The average Bonchev–Trinajstić information content (AvgIpc) is 3.13. The monoisotopic (exact) mass is 431 g/mol. The van der Waals surface area contributed by atoms with Gasteiger partial charge in [-0.15, -0.1) is 0 Å². The molecule has 5 unspecified atom stereocenters. The first-order valence-electron chi connectivity index (χ1n) is 12.0. The Kier molecular flexibility index (Phi) is 6.02. The third-order valence-corrected chi connectivity index (χ3v) is 9.27. The van der Waals surface area contributed by atoms with Gasteiger partial charge < -0.3 is 0 Å². The van der Waals surface area contributed by atoms with E-state index in [0.717, 1.165) is 58.4 Å². The van der Waals surface area contributed by atoms with E-state index in [1.54, 1.807) is 0 Å². The lowest BCUT2D eigenvalue weighted by molar-refractivity contribution is 0.181. The van der Waals surface area contributed by atoms with Crippen LogP contribution in [-0.4, -0.2) is 24.0 Å². The molecule has 5 fully saturated rings. The molecule has 1 aromatic carbocycles. The van der Waals surface area contributed by atoms with Gasteiger partial charge in [0.2, 0.25) is 0 Å². The normalized spacial score (nSPS) is 34.1. The third kappa shape index (κ3) is 3.92. The molecule has 0 spiro atoms. The predicted molar refractivity (Wildman–Crippen MR) is 125 cm³/mol. The number of likely N-dealkylation sites (N-methyl/N-ethyl adjacent to an activating group) is 1. The fraction of sp³-hybridized carbons (Fsp3) is 0.692. The van der Waals surface area contributed by atoms with Gasteiger partial charge in [0.1, 0.15) is 0 Å². The molecule has 0 aliphatic heterocycles. The molecule has 5 atom stereocenters. The minimum atomic E-state index is 0.610. The zero-order valence-electron chi connectivity index (χ0n) is 17.8. The Morgan fingerprint density at radius 2 is 1.69 bits per heavy atom. The highest BCUT2D eigenvalue weighted by Gasteiger charge is 2.54. The van der Waals surface area contributed by atoms with Gasteiger partial charge in [0.15, 0.2) is 0 Å². The molecule has 5 aliphatic carbocycles. The second-order valence-electron chi connectivity index (χ2n) is 10.2. The zero-order valence-corrected chi connectivity index (χ0v) is 19.3. The lowest BCUT2D eigenvalue weighted by Gasteiger charge is -2.33. The van der Waals surface area contributed by atoms with Crippen molar-refractivity contribution in [3.63, 3.8) is 0 Å². The molecule has 5 aliphatic rings. The first-order chi connectivity index (χ1) is 14.1. The fourth-order valence-corrected chi connectivity index (χ4v) is 8.27. The standard InChI is InChI=1S/C26H35Cl2N/c1-2-29(21-8-4-3-5-9-21)10-6-7-17-14-23(27)26(24(28)15-17)25-20-12-18-11-19(16-20)22(25)13-18/h6-7,14-15,18-22,25H,2-5,8-13,16H2,1H3/b7-6-. The Bertz CT molecular complexity index is 739. The van der Waals surface area contributed by atoms with Crippen LogP contribution in [-0.2, 0) is 0 Å². The topological polar surface area (TPSA) is 3.24 Å². The van der Waals surface area contributed by atoms with E-state index in [1.165, 1.54) is 63.4 Å². The Morgan fingerprint density at radius 1 is 0.966 bits per heavy atom. The molecule has 0 amide bonds. The van der Waals surface area contributed by atoms with E-state index < -0.39 is 0 Å². The number of nitrogens with zero attached hydrogens (tertiary/aromatic N) is 1. The summed E-state index contributed by atoms with van der Waals surface area (Å²) in [6.07, 6.45) is 17.1. The quantitative estimate of drug-likeness (QED) is 0.443. The summed E-state index contributed by atoms with van der Waals surface area (Å²) < 4.78 is 0. The van der Waals surface area contributed by atoms with E-state index >= 15 is 0 Å². The highest BCUT2D eigenvalue weighted by molar-refractivity contribution is 6.36. The number of benzene rings is 1. The van der Waals surface area contributed by atoms with Crippen molar-refractivity contribution in [2.45, 2.75) is 76.7 Å². The van der Waals surface area contributed by atoms with Crippen LogP contribution < -0.4 is 0 Å². The average molecular weight is 432 g/mol. The van der Waals surface area contributed by atoms with Crippen LogP contribution in [0.2, 0.25) is 10.0 Å². The molecule has 29 heavy (non-hydrogen) atoms. The van der Waals surface area contributed by atoms with Crippen LogP contribution in [0.1, 0.15) is 81.8 Å². The molecule has 1 aromatic rings. The number of rotatable bonds is 6. The van der Waals surface area contributed by atoms with Crippen LogP contribution in [0, 0.1) is 23.7 Å². The van der Waals surface area contributed by atoms with Gasteiger partial charge >= 0.3 is 0 Å². The van der Waals surface area contributed by atoms with Gasteiger partial charge in [-0.25, -0.2) is 0 Å². The van der Waals surface area contributed by atoms with Crippen molar-refractivity contribution < 1.29 is 0 Å². The lowest BCUT2D eigenvalue weighted by Crippen LogP contribution is -2.36. The Balaban J connectivity index is 1.29. The largest absolute Gasteiger partial charge is 0.297 e. The molecule has 0 heterocycles. The molecule has 3 heteroatoms. The lowest BCUT2D eigenvalue weighted by atomic mass is 9.72. The summed E-state index contributed by atoms with van der Waals surface area (Å²) in [5, 5.41) is 1.80. The predicted octanol–water partition coefficient (Wildman–Crippen LogP) is 7.81. The summed E-state index contributed by atoms with van der Waals surface area (Å²) in [5.74, 6) is 4.20. The van der Waals surface area contributed by atoms with Gasteiger partial charge in [-0.2, -0.15) is 0 Å². The summed E-state index contributed by atoms with van der Waals surface area (Å²) in [5.41, 5.74) is 2.41. The van der Waals surface area contributed by atoms with Crippen LogP contribution >= 0.6 is 23.2 Å². The van der Waals surface area contributed by atoms with E-state index in [-0.39, 0.29) is 0 Å². The fourth-order valence-electron chi connectivity index (χ4n) is 7.51. The Labute approximate surface area is 186 Å². The van der Waals surface area contributed by atoms with E-state index in [9.17, 15) is 0 Å². The van der Waals surface area contributed by atoms with E-state index in [4.69, 9.17) is 23.2 Å². The summed E-state index contributed by atoms with van der Waals surface area (Å²) in [4.78, 5) is 2.62. The molecule has 0 aromatic heterocycles. The second kappa shape index (κ2) is 8.56. The van der Waals surface area contributed by atoms with Gasteiger partial charge in [-0.05, 0) is 97.9 Å². The van der Waals surface area contributed by atoms with Crippen molar-refractivity contribution in [2.75, 3.05) is 13.1 Å². The van der Waals surface area contributed by atoms with Crippen LogP contribution in [0.15, 0.2) is 18.2 Å². The summed E-state index contributed by atoms with van der Waals surface area (Å²) in [6, 6.07) is 5.09. The molecular weight excluding hydrogens is 397 g/mol. The first kappa shape index (κ1) is 20.4. The van der Waals surface area contributed by atoms with Crippen molar-refractivity contribution in [1.82, 2.24) is 4.90 Å². The Morgan fingerprint density at radius 3 is 2.38 bits per heavy atom. The maximum absolute atomic E-state index is 6.85. The summed E-state index contributed by atoms with van der Waals surface area (Å²) in [6.45, 7) is 4.43. The molecule has 5 saturated carbocycles. The van der Waals surface area contributed by atoms with E-state index in [2.05, 4.69) is 36.1 Å². The van der Waals surface area contributed by atoms with Crippen LogP contribution in [0.5, 0.6) is 0 Å². The minimum absolute atomic E-state index is 0.610. The van der Waals surface area contributed by atoms with E-state index in [1.807, 2.05) is 0 Å². The van der Waals surface area contributed by atoms with Gasteiger partial charge in [-0.3, -0.25) is 4.90 Å². The molecule has 0 radical (unpaired) electrons. The van der Waals surface area contributed by atoms with Crippen LogP contribution in [0.3, 0.4) is 0 Å². The molecular formula is C26H35Cl2N. The van der Waals surface area contributed by atoms with Crippen LogP contribution in [0.25, 0.3) is 6.08 Å². The van der Waals surface area contributed by atoms with Crippen LogP contribution in [0.4, 0.5) is 0 Å². The maximum Gasteiger partial charge on any atom is 0.0461 e. The van der Waals surface area contributed by atoms with Crippen molar-refractivity contribution in [3.8, 4) is 0 Å². The Hall–Kier alpha value is -0.500. The molecule has 0 saturated heterocycles. The first-order valence-corrected chi connectivity index (χ1v) is 12.8. The SMILES string of the molecule is CCN(C/C=C\c1cc(Cl)c(C2C3CC4CC(C3)C2C4)c(Cl)c1)C1CCCCC1. The number of hydrogen-bond acceptors (Lipinski definition) is 1. The molecule has 6 rings (SSSR count). The van der Waals surface area contributed by atoms with E-state index in [0.29, 0.717) is 5.92 Å². The maximum atomic E-state index is 6.85. The van der Waals surface area contributed by atoms with Crippen molar-refractivity contribution in [1.29, 1.82) is 0 Å². The summed E-state index contributed by atoms with van der Waals surface area (Å²) >= 11 is 13.7. The third-order valence-electron chi connectivity index (χ3n) is 8.64. The van der Waals surface area contributed by atoms with Crippen molar-refractivity contribution in [2.24, 2.45) is 23.7 Å². The highest BCUT2D eigenvalue weighted by Crippen LogP contribution is 2.65. The van der Waals surface area contributed by atoms with Gasteiger partial charge in [0, 0.05) is 22.6 Å². The number of hydrogen-bond donors (Lipinski definition) is 0. The van der Waals surface area contributed by atoms with Gasteiger partial charge in [0.05, 0.1) is 0 Å². The minimum Gasteiger partial charge on any atom is -0.297 e. The summed E-state index contributed by atoms with van der Waals surface area (Å²) in [7, 11) is 0. The molecule has 158 valence electrons. The van der Waals surface area contributed by atoms with Crippen molar-refractivity contribution >= 4 is 29.3 Å². The van der Waals surface area contributed by atoms with Gasteiger partial charge in [-0.1, -0.05) is 61.5 Å². The molecule has 1 nitrogen and oxygen atoms in total.